The highest BCUT2D eigenvalue weighted by molar-refractivity contribution is 7.89. The van der Waals surface area contributed by atoms with Gasteiger partial charge in [0, 0.05) is 18.5 Å². The van der Waals surface area contributed by atoms with E-state index in [4.69, 9.17) is 4.74 Å². The Bertz CT molecular complexity index is 879. The van der Waals surface area contributed by atoms with Gasteiger partial charge in [0.15, 0.2) is 6.10 Å². The van der Waals surface area contributed by atoms with Crippen molar-refractivity contribution in [1.29, 1.82) is 0 Å². The van der Waals surface area contributed by atoms with Crippen LogP contribution in [0.3, 0.4) is 0 Å². The van der Waals surface area contributed by atoms with Crippen molar-refractivity contribution in [1.82, 2.24) is 4.31 Å². The third-order valence-electron chi connectivity index (χ3n) is 4.26. The van der Waals surface area contributed by atoms with Gasteiger partial charge in [-0.05, 0) is 42.5 Å². The van der Waals surface area contributed by atoms with Crippen LogP contribution >= 0.6 is 11.3 Å². The number of amides is 1. The molecule has 1 atom stereocenters. The van der Waals surface area contributed by atoms with E-state index in [1.807, 2.05) is 17.5 Å². The zero-order chi connectivity index (χ0) is 18.7. The van der Waals surface area contributed by atoms with Gasteiger partial charge in [0.1, 0.15) is 5.75 Å². The Kier molecular flexibility index (Phi) is 5.64. The number of hydrogen-bond donors (Lipinski definition) is 1. The molecule has 0 fully saturated rings. The molecule has 1 aliphatic heterocycles. The van der Waals surface area contributed by atoms with E-state index in [-0.39, 0.29) is 10.8 Å². The zero-order valence-corrected chi connectivity index (χ0v) is 16.4. The molecule has 0 saturated carbocycles. The largest absolute Gasteiger partial charge is 0.478 e. The van der Waals surface area contributed by atoms with Gasteiger partial charge in [-0.2, -0.15) is 4.31 Å². The maximum Gasteiger partial charge on any atom is 0.265 e. The first-order valence-corrected chi connectivity index (χ1v) is 10.8. The summed E-state index contributed by atoms with van der Waals surface area (Å²) >= 11 is 1.51. The highest BCUT2D eigenvalue weighted by Gasteiger charge is 2.29. The first-order valence-electron chi connectivity index (χ1n) is 8.52. The standard InChI is InChI=1S/C18H22N2O4S2/c1-3-4-7-17-18(21)19-15-11-14(8-9-16(15)24-17)26(22,23)20(2)12-13-6-5-10-25-13/h5-6,8-11,17H,3-4,7,12H2,1-2H3,(H,19,21). The van der Waals surface area contributed by atoms with E-state index < -0.39 is 16.1 Å². The van der Waals surface area contributed by atoms with Crippen LogP contribution in [0, 0.1) is 0 Å². The SMILES string of the molecule is CCCCC1Oc2ccc(S(=O)(=O)N(C)Cc3cccs3)cc2NC1=O. The van der Waals surface area contributed by atoms with E-state index in [1.54, 1.807) is 13.1 Å². The molecule has 3 rings (SSSR count). The van der Waals surface area contributed by atoms with Crippen LogP contribution in [-0.4, -0.2) is 31.8 Å². The van der Waals surface area contributed by atoms with Gasteiger partial charge in [0.25, 0.3) is 5.91 Å². The molecule has 6 nitrogen and oxygen atoms in total. The van der Waals surface area contributed by atoms with Crippen molar-refractivity contribution in [3.8, 4) is 5.75 Å². The lowest BCUT2D eigenvalue weighted by atomic mass is 10.1. The van der Waals surface area contributed by atoms with Crippen LogP contribution < -0.4 is 10.1 Å². The summed E-state index contributed by atoms with van der Waals surface area (Å²) in [5, 5.41) is 4.68. The number of unbranched alkanes of at least 4 members (excludes halogenated alkanes) is 1. The van der Waals surface area contributed by atoms with Crippen LogP contribution in [0.2, 0.25) is 0 Å². The van der Waals surface area contributed by atoms with Gasteiger partial charge in [-0.25, -0.2) is 8.42 Å². The molecule has 0 radical (unpaired) electrons. The summed E-state index contributed by atoms with van der Waals surface area (Å²) < 4.78 is 32.7. The number of anilines is 1. The van der Waals surface area contributed by atoms with Crippen molar-refractivity contribution < 1.29 is 17.9 Å². The van der Waals surface area contributed by atoms with Crippen LogP contribution in [0.1, 0.15) is 31.1 Å². The van der Waals surface area contributed by atoms with Crippen LogP contribution in [0.15, 0.2) is 40.6 Å². The van der Waals surface area contributed by atoms with Gasteiger partial charge in [-0.1, -0.05) is 19.4 Å². The normalized spacial score (nSPS) is 16.9. The Balaban J connectivity index is 1.80. The van der Waals surface area contributed by atoms with Crippen molar-refractivity contribution in [3.05, 3.63) is 40.6 Å². The molecule has 1 amide bonds. The van der Waals surface area contributed by atoms with Gasteiger partial charge in [-0.15, -0.1) is 11.3 Å². The molecule has 0 bridgehead atoms. The smallest absolute Gasteiger partial charge is 0.265 e. The van der Waals surface area contributed by atoms with Crippen LogP contribution in [0.25, 0.3) is 0 Å². The van der Waals surface area contributed by atoms with E-state index >= 15 is 0 Å². The molecule has 1 N–H and O–H groups in total. The molecule has 140 valence electrons. The van der Waals surface area contributed by atoms with Crippen molar-refractivity contribution in [2.45, 2.75) is 43.7 Å². The summed E-state index contributed by atoms with van der Waals surface area (Å²) in [6, 6.07) is 8.38. The number of rotatable bonds is 7. The van der Waals surface area contributed by atoms with Gasteiger partial charge >= 0.3 is 0 Å². The lowest BCUT2D eigenvalue weighted by Gasteiger charge is -2.26. The quantitative estimate of drug-likeness (QED) is 0.780. The third-order valence-corrected chi connectivity index (χ3v) is 6.92. The van der Waals surface area contributed by atoms with Gasteiger partial charge < -0.3 is 10.1 Å². The Morgan fingerprint density at radius 3 is 2.81 bits per heavy atom. The first-order chi connectivity index (χ1) is 12.4. The number of carbonyl (C=O) groups excluding carboxylic acids is 1. The number of carbonyl (C=O) groups is 1. The molecule has 0 aliphatic carbocycles. The molecule has 8 heteroatoms. The van der Waals surface area contributed by atoms with Crippen molar-refractivity contribution in [2.24, 2.45) is 0 Å². The monoisotopic (exact) mass is 394 g/mol. The molecule has 2 aromatic rings. The van der Waals surface area contributed by atoms with Crippen molar-refractivity contribution >= 4 is 33.0 Å². The number of thiophene rings is 1. The molecule has 1 aromatic carbocycles. The Morgan fingerprint density at radius 1 is 1.31 bits per heavy atom. The summed E-state index contributed by atoms with van der Waals surface area (Å²) in [7, 11) is -2.11. The lowest BCUT2D eigenvalue weighted by Crippen LogP contribution is -2.37. The number of benzene rings is 1. The highest BCUT2D eigenvalue weighted by atomic mass is 32.2. The lowest BCUT2D eigenvalue weighted by molar-refractivity contribution is -0.123. The molecule has 0 spiro atoms. The molecule has 1 aliphatic rings. The summed E-state index contributed by atoms with van der Waals surface area (Å²) in [6.07, 6.45) is 2.00. The molecule has 1 unspecified atom stereocenters. The predicted octanol–water partition coefficient (Wildman–Crippen LogP) is 3.46. The number of sulfonamides is 1. The summed E-state index contributed by atoms with van der Waals surface area (Å²) in [4.78, 5) is 13.3. The Labute approximate surface area is 157 Å². The fourth-order valence-electron chi connectivity index (χ4n) is 2.76. The number of hydrogen-bond acceptors (Lipinski definition) is 5. The zero-order valence-electron chi connectivity index (χ0n) is 14.8. The Morgan fingerprint density at radius 2 is 2.12 bits per heavy atom. The number of fused-ring (bicyclic) bond motifs is 1. The summed E-state index contributed by atoms with van der Waals surface area (Å²) in [5.41, 5.74) is 0.397. The second-order valence-electron chi connectivity index (χ2n) is 6.24. The number of ether oxygens (including phenoxy) is 1. The van der Waals surface area contributed by atoms with E-state index in [9.17, 15) is 13.2 Å². The highest BCUT2D eigenvalue weighted by Crippen LogP contribution is 2.33. The fraction of sp³-hybridized carbons (Fsp3) is 0.389. The number of nitrogens with zero attached hydrogens (tertiary/aromatic N) is 1. The molecule has 2 heterocycles. The third kappa shape index (κ3) is 3.92. The van der Waals surface area contributed by atoms with Crippen molar-refractivity contribution in [2.75, 3.05) is 12.4 Å². The van der Waals surface area contributed by atoms with E-state index in [0.29, 0.717) is 24.4 Å². The minimum absolute atomic E-state index is 0.131. The van der Waals surface area contributed by atoms with E-state index in [2.05, 4.69) is 12.2 Å². The van der Waals surface area contributed by atoms with Crippen LogP contribution in [-0.2, 0) is 21.4 Å². The molecule has 0 saturated heterocycles. The van der Waals surface area contributed by atoms with Gasteiger partial charge in [0.2, 0.25) is 10.0 Å². The van der Waals surface area contributed by atoms with Gasteiger partial charge in [0.05, 0.1) is 10.6 Å². The first kappa shape index (κ1) is 18.9. The minimum Gasteiger partial charge on any atom is -0.478 e. The summed E-state index contributed by atoms with van der Waals surface area (Å²) in [6.45, 7) is 2.36. The Hall–Kier alpha value is -1.90. The van der Waals surface area contributed by atoms with Gasteiger partial charge in [-0.3, -0.25) is 4.79 Å². The molecule has 1 aromatic heterocycles. The maximum absolute atomic E-state index is 12.8. The number of nitrogens with one attached hydrogen (secondary N) is 1. The molecule has 26 heavy (non-hydrogen) atoms. The second kappa shape index (κ2) is 7.77. The maximum atomic E-state index is 12.8. The van der Waals surface area contributed by atoms with E-state index in [1.165, 1.54) is 27.8 Å². The van der Waals surface area contributed by atoms with Crippen molar-refractivity contribution in [3.63, 3.8) is 0 Å². The van der Waals surface area contributed by atoms with E-state index in [0.717, 1.165) is 17.7 Å². The second-order valence-corrected chi connectivity index (χ2v) is 9.31. The topological polar surface area (TPSA) is 75.7 Å². The molecular formula is C18H22N2O4S2. The van der Waals surface area contributed by atoms with Crippen LogP contribution in [0.5, 0.6) is 5.75 Å². The predicted molar refractivity (Wildman–Crippen MR) is 102 cm³/mol. The minimum atomic E-state index is -3.66. The summed E-state index contributed by atoms with van der Waals surface area (Å²) in [5.74, 6) is 0.276. The van der Waals surface area contributed by atoms with Crippen LogP contribution in [0.4, 0.5) is 5.69 Å². The molecular weight excluding hydrogens is 372 g/mol. The average molecular weight is 395 g/mol. The fourth-order valence-corrected chi connectivity index (χ4v) is 4.77. The average Bonchev–Trinajstić information content (AvgIpc) is 3.12.